The number of carbonyl (C=O) groups is 2. The van der Waals surface area contributed by atoms with Crippen LogP contribution < -0.4 is 5.32 Å². The first kappa shape index (κ1) is 19.9. The van der Waals surface area contributed by atoms with Crippen LogP contribution in [0, 0.1) is 12.8 Å². The van der Waals surface area contributed by atoms with Gasteiger partial charge in [-0.2, -0.15) is 0 Å². The Morgan fingerprint density at radius 2 is 1.93 bits per heavy atom. The summed E-state index contributed by atoms with van der Waals surface area (Å²) in [5.41, 5.74) is 2.31. The predicted octanol–water partition coefficient (Wildman–Crippen LogP) is 3.20. The lowest BCUT2D eigenvalue weighted by Gasteiger charge is -2.22. The van der Waals surface area contributed by atoms with Crippen LogP contribution in [-0.4, -0.2) is 42.5 Å². The third kappa shape index (κ3) is 6.06. The van der Waals surface area contributed by atoms with Crippen LogP contribution in [0.3, 0.4) is 0 Å². The fourth-order valence-electron chi connectivity index (χ4n) is 3.92. The number of hydrogen-bond donors (Lipinski definition) is 1. The molecule has 1 aromatic carbocycles. The molecule has 2 amide bonds. The molecule has 5 nitrogen and oxygen atoms in total. The Morgan fingerprint density at radius 1 is 1.19 bits per heavy atom. The average Bonchev–Trinajstić information content (AvgIpc) is 3.04. The van der Waals surface area contributed by atoms with E-state index in [1.54, 1.807) is 4.90 Å². The van der Waals surface area contributed by atoms with Gasteiger partial charge in [-0.1, -0.05) is 49.1 Å². The summed E-state index contributed by atoms with van der Waals surface area (Å²) >= 11 is 0. The van der Waals surface area contributed by atoms with Gasteiger partial charge in [0.05, 0.1) is 12.0 Å². The number of carbonyl (C=O) groups excluding carboxylic acids is 2. The van der Waals surface area contributed by atoms with E-state index in [4.69, 9.17) is 4.74 Å². The van der Waals surface area contributed by atoms with Gasteiger partial charge in [0.1, 0.15) is 0 Å². The summed E-state index contributed by atoms with van der Waals surface area (Å²) in [6.45, 7) is 4.46. The minimum absolute atomic E-state index is 0.00702. The van der Waals surface area contributed by atoms with Gasteiger partial charge in [0, 0.05) is 32.7 Å². The fourth-order valence-corrected chi connectivity index (χ4v) is 3.92. The lowest BCUT2D eigenvalue weighted by molar-refractivity contribution is -0.129. The van der Waals surface area contributed by atoms with E-state index in [0.29, 0.717) is 38.8 Å². The molecule has 0 spiro atoms. The molecule has 3 rings (SSSR count). The Labute approximate surface area is 162 Å². The van der Waals surface area contributed by atoms with Gasteiger partial charge in [-0.25, -0.2) is 0 Å². The number of rotatable bonds is 8. The highest BCUT2D eigenvalue weighted by atomic mass is 16.5. The van der Waals surface area contributed by atoms with Crippen LogP contribution in [0.2, 0.25) is 0 Å². The van der Waals surface area contributed by atoms with E-state index < -0.39 is 0 Å². The number of ether oxygens (including phenoxy) is 1. The molecular formula is C22H32N2O3. The maximum atomic E-state index is 12.4. The molecule has 2 aliphatic rings. The number of likely N-dealkylation sites (tertiary alicyclic amines) is 1. The Bertz CT molecular complexity index is 623. The topological polar surface area (TPSA) is 58.6 Å². The van der Waals surface area contributed by atoms with Crippen molar-refractivity contribution in [1.29, 1.82) is 0 Å². The average molecular weight is 373 g/mol. The summed E-state index contributed by atoms with van der Waals surface area (Å²) in [6, 6.07) is 8.19. The van der Waals surface area contributed by atoms with Gasteiger partial charge >= 0.3 is 0 Å². The van der Waals surface area contributed by atoms with E-state index in [2.05, 4.69) is 17.4 Å². The molecule has 1 saturated carbocycles. The van der Waals surface area contributed by atoms with Gasteiger partial charge in [-0.15, -0.1) is 0 Å². The molecule has 0 aromatic heterocycles. The summed E-state index contributed by atoms with van der Waals surface area (Å²) in [7, 11) is 0. The van der Waals surface area contributed by atoms with Crippen molar-refractivity contribution in [2.75, 3.05) is 19.7 Å². The van der Waals surface area contributed by atoms with Crippen molar-refractivity contribution >= 4 is 11.8 Å². The van der Waals surface area contributed by atoms with Crippen molar-refractivity contribution in [3.8, 4) is 0 Å². The third-order valence-electron chi connectivity index (χ3n) is 5.61. The zero-order valence-corrected chi connectivity index (χ0v) is 16.4. The van der Waals surface area contributed by atoms with Crippen LogP contribution in [0.1, 0.15) is 56.1 Å². The van der Waals surface area contributed by atoms with E-state index in [0.717, 1.165) is 12.0 Å². The molecular weight excluding hydrogens is 340 g/mol. The standard InChI is InChI=1S/C22H32N2O3/c1-17-8-10-18(11-9-17)15-24-16-19(14-21(24)25)22(26)23-12-5-13-27-20-6-3-2-4-7-20/h8-11,19-20H,2-7,12-16H2,1H3,(H,23,26). The van der Waals surface area contributed by atoms with Crippen LogP contribution in [0.5, 0.6) is 0 Å². The third-order valence-corrected chi connectivity index (χ3v) is 5.61. The number of aryl methyl sites for hydroxylation is 1. The summed E-state index contributed by atoms with van der Waals surface area (Å²) in [5, 5.41) is 2.98. The second kappa shape index (κ2) is 9.88. The van der Waals surface area contributed by atoms with Crippen molar-refractivity contribution < 1.29 is 14.3 Å². The monoisotopic (exact) mass is 372 g/mol. The Hall–Kier alpha value is -1.88. The molecule has 5 heteroatoms. The predicted molar refractivity (Wildman–Crippen MR) is 105 cm³/mol. The van der Waals surface area contributed by atoms with Crippen LogP contribution in [-0.2, 0) is 20.9 Å². The number of benzene rings is 1. The van der Waals surface area contributed by atoms with Gasteiger partial charge in [0.2, 0.25) is 11.8 Å². The first-order valence-electron chi connectivity index (χ1n) is 10.3. The zero-order valence-electron chi connectivity index (χ0n) is 16.4. The van der Waals surface area contributed by atoms with E-state index in [-0.39, 0.29) is 17.7 Å². The van der Waals surface area contributed by atoms with Crippen molar-refractivity contribution in [3.05, 3.63) is 35.4 Å². The van der Waals surface area contributed by atoms with Crippen molar-refractivity contribution in [2.24, 2.45) is 5.92 Å². The molecule has 1 atom stereocenters. The normalized spacial score (nSPS) is 20.9. The van der Waals surface area contributed by atoms with Crippen LogP contribution in [0.25, 0.3) is 0 Å². The van der Waals surface area contributed by atoms with Crippen LogP contribution in [0.15, 0.2) is 24.3 Å². The molecule has 148 valence electrons. The highest BCUT2D eigenvalue weighted by Gasteiger charge is 2.33. The molecule has 1 aliphatic heterocycles. The van der Waals surface area contributed by atoms with E-state index >= 15 is 0 Å². The fraction of sp³-hybridized carbons (Fsp3) is 0.636. The highest BCUT2D eigenvalue weighted by Crippen LogP contribution is 2.21. The Balaban J connectivity index is 1.34. The van der Waals surface area contributed by atoms with E-state index in [9.17, 15) is 9.59 Å². The SMILES string of the molecule is Cc1ccc(CN2CC(C(=O)NCCCOC3CCCCC3)CC2=O)cc1. The van der Waals surface area contributed by atoms with E-state index in [1.165, 1.54) is 37.7 Å². The molecule has 1 unspecified atom stereocenters. The number of nitrogens with one attached hydrogen (secondary N) is 1. The van der Waals surface area contributed by atoms with Crippen LogP contribution in [0.4, 0.5) is 0 Å². The van der Waals surface area contributed by atoms with Crippen molar-refractivity contribution in [3.63, 3.8) is 0 Å². The number of hydrogen-bond acceptors (Lipinski definition) is 3. The van der Waals surface area contributed by atoms with Gasteiger partial charge in [0.25, 0.3) is 0 Å². The smallest absolute Gasteiger partial charge is 0.225 e. The molecule has 1 aliphatic carbocycles. The lowest BCUT2D eigenvalue weighted by atomic mass is 9.98. The van der Waals surface area contributed by atoms with Gasteiger partial charge in [0.15, 0.2) is 0 Å². The first-order valence-corrected chi connectivity index (χ1v) is 10.3. The van der Waals surface area contributed by atoms with Gasteiger partial charge in [-0.05, 0) is 31.7 Å². The highest BCUT2D eigenvalue weighted by molar-refractivity contribution is 5.89. The summed E-state index contributed by atoms with van der Waals surface area (Å²) < 4.78 is 5.89. The maximum absolute atomic E-state index is 12.4. The molecule has 1 aromatic rings. The molecule has 27 heavy (non-hydrogen) atoms. The van der Waals surface area contributed by atoms with E-state index in [1.807, 2.05) is 19.1 Å². The quantitative estimate of drug-likeness (QED) is 0.713. The number of amides is 2. The minimum Gasteiger partial charge on any atom is -0.378 e. The second-order valence-corrected chi connectivity index (χ2v) is 7.94. The van der Waals surface area contributed by atoms with Crippen LogP contribution >= 0.6 is 0 Å². The molecule has 1 saturated heterocycles. The Kier molecular flexibility index (Phi) is 7.27. The van der Waals surface area contributed by atoms with Gasteiger partial charge in [-0.3, -0.25) is 9.59 Å². The molecule has 0 radical (unpaired) electrons. The summed E-state index contributed by atoms with van der Waals surface area (Å²) in [4.78, 5) is 26.4. The lowest BCUT2D eigenvalue weighted by Crippen LogP contribution is -2.34. The zero-order chi connectivity index (χ0) is 19.1. The van der Waals surface area contributed by atoms with Crippen molar-refractivity contribution in [1.82, 2.24) is 10.2 Å². The molecule has 1 N–H and O–H groups in total. The van der Waals surface area contributed by atoms with Gasteiger partial charge < -0.3 is 15.0 Å². The molecule has 2 fully saturated rings. The number of nitrogens with zero attached hydrogens (tertiary/aromatic N) is 1. The Morgan fingerprint density at radius 3 is 2.67 bits per heavy atom. The first-order chi connectivity index (χ1) is 13.1. The second-order valence-electron chi connectivity index (χ2n) is 7.94. The molecule has 1 heterocycles. The van der Waals surface area contributed by atoms with Crippen molar-refractivity contribution in [2.45, 2.75) is 64.5 Å². The minimum atomic E-state index is -0.234. The molecule has 0 bridgehead atoms. The summed E-state index contributed by atoms with van der Waals surface area (Å²) in [6.07, 6.45) is 7.79. The summed E-state index contributed by atoms with van der Waals surface area (Å²) in [5.74, 6) is -0.175. The largest absolute Gasteiger partial charge is 0.378 e. The maximum Gasteiger partial charge on any atom is 0.225 e.